The molecule has 104 valence electrons. The molecule has 1 aliphatic carbocycles. The smallest absolute Gasteiger partial charge is 0.127 e. The summed E-state index contributed by atoms with van der Waals surface area (Å²) in [5.41, 5.74) is 7.42. The number of fused-ring (bicyclic) bond motifs is 1. The van der Waals surface area contributed by atoms with Gasteiger partial charge in [-0.2, -0.15) is 0 Å². The fraction of sp³-hybridized carbons (Fsp3) is 0.625. The Hall–Kier alpha value is -0.930. The standard InChI is InChI=1S/C16H23FN2/c17-15-7-6-12(9-14(15)10-18)11-19-8-2-4-13-3-1-5-16(13)19/h6-7,9,13,16H,1-5,8,10-11,18H2. The quantitative estimate of drug-likeness (QED) is 0.907. The molecule has 0 radical (unpaired) electrons. The minimum absolute atomic E-state index is 0.177. The van der Waals surface area contributed by atoms with Gasteiger partial charge >= 0.3 is 0 Å². The number of nitrogens with zero attached hydrogens (tertiary/aromatic N) is 1. The van der Waals surface area contributed by atoms with E-state index in [1.807, 2.05) is 12.1 Å². The number of halogens is 1. The van der Waals surface area contributed by atoms with Gasteiger partial charge in [0, 0.05) is 24.7 Å². The maximum absolute atomic E-state index is 13.5. The fourth-order valence-electron chi connectivity index (χ4n) is 3.87. The highest BCUT2D eigenvalue weighted by Gasteiger charge is 2.34. The topological polar surface area (TPSA) is 29.3 Å². The number of hydrogen-bond acceptors (Lipinski definition) is 2. The molecule has 3 heteroatoms. The molecule has 1 heterocycles. The van der Waals surface area contributed by atoms with Crippen molar-refractivity contribution in [2.24, 2.45) is 11.7 Å². The largest absolute Gasteiger partial charge is 0.326 e. The van der Waals surface area contributed by atoms with Crippen molar-refractivity contribution in [2.75, 3.05) is 6.54 Å². The van der Waals surface area contributed by atoms with Crippen molar-refractivity contribution in [3.63, 3.8) is 0 Å². The van der Waals surface area contributed by atoms with Gasteiger partial charge < -0.3 is 5.73 Å². The van der Waals surface area contributed by atoms with E-state index in [1.54, 1.807) is 6.07 Å². The molecule has 0 aromatic heterocycles. The number of piperidine rings is 1. The van der Waals surface area contributed by atoms with Crippen LogP contribution in [0.25, 0.3) is 0 Å². The van der Waals surface area contributed by atoms with Crippen molar-refractivity contribution in [2.45, 2.75) is 51.2 Å². The molecular formula is C16H23FN2. The third kappa shape index (κ3) is 2.67. The lowest BCUT2D eigenvalue weighted by molar-refractivity contribution is 0.106. The van der Waals surface area contributed by atoms with Crippen LogP contribution in [0.15, 0.2) is 18.2 Å². The number of likely N-dealkylation sites (tertiary alicyclic amines) is 1. The van der Waals surface area contributed by atoms with Gasteiger partial charge in [0.1, 0.15) is 5.82 Å². The summed E-state index contributed by atoms with van der Waals surface area (Å²) in [4.78, 5) is 2.61. The molecule has 19 heavy (non-hydrogen) atoms. The number of rotatable bonds is 3. The Kier molecular flexibility index (Phi) is 3.85. The van der Waals surface area contributed by atoms with E-state index in [-0.39, 0.29) is 12.4 Å². The third-order valence-electron chi connectivity index (χ3n) is 4.82. The van der Waals surface area contributed by atoms with E-state index in [1.165, 1.54) is 44.2 Å². The molecule has 2 fully saturated rings. The molecule has 0 spiro atoms. The van der Waals surface area contributed by atoms with Crippen molar-refractivity contribution < 1.29 is 4.39 Å². The average molecular weight is 262 g/mol. The summed E-state index contributed by atoms with van der Waals surface area (Å²) in [6, 6.07) is 6.18. The lowest BCUT2D eigenvalue weighted by Gasteiger charge is -2.37. The molecule has 1 aromatic carbocycles. The second kappa shape index (κ2) is 5.59. The Labute approximate surface area is 114 Å². The Morgan fingerprint density at radius 1 is 1.21 bits per heavy atom. The Morgan fingerprint density at radius 2 is 2.05 bits per heavy atom. The van der Waals surface area contributed by atoms with Gasteiger partial charge in [-0.1, -0.05) is 18.6 Å². The monoisotopic (exact) mass is 262 g/mol. The second-order valence-corrected chi connectivity index (χ2v) is 6.00. The zero-order valence-corrected chi connectivity index (χ0v) is 11.4. The summed E-state index contributed by atoms with van der Waals surface area (Å²) in [5.74, 6) is 0.729. The highest BCUT2D eigenvalue weighted by molar-refractivity contribution is 5.25. The van der Waals surface area contributed by atoms with Gasteiger partial charge in [0.25, 0.3) is 0 Å². The number of benzene rings is 1. The number of hydrogen-bond donors (Lipinski definition) is 1. The van der Waals surface area contributed by atoms with Gasteiger partial charge in [0.2, 0.25) is 0 Å². The molecule has 1 aliphatic heterocycles. The van der Waals surface area contributed by atoms with E-state index in [0.717, 1.165) is 18.5 Å². The third-order valence-corrected chi connectivity index (χ3v) is 4.82. The van der Waals surface area contributed by atoms with Crippen LogP contribution in [0.3, 0.4) is 0 Å². The van der Waals surface area contributed by atoms with Crippen molar-refractivity contribution in [3.8, 4) is 0 Å². The predicted octanol–water partition coefficient (Wildman–Crippen LogP) is 3.05. The lowest BCUT2D eigenvalue weighted by atomic mass is 9.91. The van der Waals surface area contributed by atoms with Crippen molar-refractivity contribution in [1.82, 2.24) is 4.90 Å². The van der Waals surface area contributed by atoms with Gasteiger partial charge in [0.15, 0.2) is 0 Å². The first-order valence-corrected chi connectivity index (χ1v) is 7.49. The van der Waals surface area contributed by atoms with Gasteiger partial charge in [-0.3, -0.25) is 4.90 Å². The molecule has 2 unspecified atom stereocenters. The minimum atomic E-state index is -0.177. The lowest BCUT2D eigenvalue weighted by Crippen LogP contribution is -2.41. The van der Waals surface area contributed by atoms with Crippen LogP contribution in [0.1, 0.15) is 43.2 Å². The molecule has 1 saturated carbocycles. The Bertz CT molecular complexity index is 446. The fourth-order valence-corrected chi connectivity index (χ4v) is 3.87. The molecule has 2 atom stereocenters. The van der Waals surface area contributed by atoms with E-state index >= 15 is 0 Å². The first-order chi connectivity index (χ1) is 9.28. The molecule has 0 amide bonds. The maximum Gasteiger partial charge on any atom is 0.127 e. The van der Waals surface area contributed by atoms with Crippen LogP contribution in [-0.4, -0.2) is 17.5 Å². The van der Waals surface area contributed by atoms with E-state index in [0.29, 0.717) is 5.56 Å². The van der Waals surface area contributed by atoms with E-state index in [9.17, 15) is 4.39 Å². The molecule has 2 nitrogen and oxygen atoms in total. The zero-order valence-electron chi connectivity index (χ0n) is 11.4. The summed E-state index contributed by atoms with van der Waals surface area (Å²) in [6.07, 6.45) is 6.84. The zero-order chi connectivity index (χ0) is 13.2. The summed E-state index contributed by atoms with van der Waals surface area (Å²) >= 11 is 0. The molecule has 2 N–H and O–H groups in total. The van der Waals surface area contributed by atoms with Gasteiger partial charge in [-0.15, -0.1) is 0 Å². The minimum Gasteiger partial charge on any atom is -0.326 e. The van der Waals surface area contributed by atoms with Crippen molar-refractivity contribution in [1.29, 1.82) is 0 Å². The SMILES string of the molecule is NCc1cc(CN2CCCC3CCCC32)ccc1F. The highest BCUT2D eigenvalue weighted by Crippen LogP contribution is 2.37. The van der Waals surface area contributed by atoms with Crippen molar-refractivity contribution >= 4 is 0 Å². The van der Waals surface area contributed by atoms with Crippen LogP contribution >= 0.6 is 0 Å². The first kappa shape index (κ1) is 13.1. The molecule has 1 aromatic rings. The Balaban J connectivity index is 1.73. The van der Waals surface area contributed by atoms with Crippen LogP contribution in [0, 0.1) is 11.7 Å². The first-order valence-electron chi connectivity index (χ1n) is 7.49. The van der Waals surface area contributed by atoms with E-state index < -0.39 is 0 Å². The van der Waals surface area contributed by atoms with Crippen molar-refractivity contribution in [3.05, 3.63) is 35.1 Å². The summed E-state index contributed by atoms with van der Waals surface area (Å²) in [5, 5.41) is 0. The summed E-state index contributed by atoms with van der Waals surface area (Å²) in [6.45, 7) is 2.43. The molecule has 3 rings (SSSR count). The van der Waals surface area contributed by atoms with Crippen LogP contribution < -0.4 is 5.73 Å². The molecular weight excluding hydrogens is 239 g/mol. The maximum atomic E-state index is 13.5. The molecule has 1 saturated heterocycles. The molecule has 0 bridgehead atoms. The Morgan fingerprint density at radius 3 is 2.89 bits per heavy atom. The molecule has 2 aliphatic rings. The van der Waals surface area contributed by atoms with Gasteiger partial charge in [-0.05, 0) is 49.8 Å². The number of nitrogens with two attached hydrogens (primary N) is 1. The average Bonchev–Trinajstić information content (AvgIpc) is 2.90. The normalized spacial score (nSPS) is 27.5. The van der Waals surface area contributed by atoms with Gasteiger partial charge in [0.05, 0.1) is 0 Å². The second-order valence-electron chi connectivity index (χ2n) is 6.00. The van der Waals surface area contributed by atoms with Crippen LogP contribution in [-0.2, 0) is 13.1 Å². The van der Waals surface area contributed by atoms with Crippen LogP contribution in [0.5, 0.6) is 0 Å². The van der Waals surface area contributed by atoms with Gasteiger partial charge in [-0.25, -0.2) is 4.39 Å². The van der Waals surface area contributed by atoms with E-state index in [2.05, 4.69) is 4.90 Å². The highest BCUT2D eigenvalue weighted by atomic mass is 19.1. The summed E-state index contributed by atoms with van der Waals surface area (Å²) in [7, 11) is 0. The van der Waals surface area contributed by atoms with E-state index in [4.69, 9.17) is 5.73 Å². The predicted molar refractivity (Wildman–Crippen MR) is 75.1 cm³/mol. The summed E-state index contributed by atoms with van der Waals surface area (Å²) < 4.78 is 13.5. The van der Waals surface area contributed by atoms with Crippen LogP contribution in [0.4, 0.5) is 4.39 Å². The van der Waals surface area contributed by atoms with Crippen LogP contribution in [0.2, 0.25) is 0 Å².